The lowest BCUT2D eigenvalue weighted by Crippen LogP contribution is -2.25. The van der Waals surface area contributed by atoms with Crippen LogP contribution in [0.1, 0.15) is 23.1 Å². The number of hydrogen-bond donors (Lipinski definition) is 0. The minimum Gasteiger partial charge on any atom is -0.197 e. The molecule has 0 bridgehead atoms. The Bertz CT molecular complexity index is 788. The molecule has 0 aliphatic carbocycles. The van der Waals surface area contributed by atoms with Gasteiger partial charge in [0.05, 0.1) is 6.07 Å². The Kier molecular flexibility index (Phi) is 4.89. The Morgan fingerprint density at radius 1 is 0.708 bits per heavy atom. The molecule has 0 unspecified atom stereocenters. The predicted octanol–water partition coefficient (Wildman–Crippen LogP) is 5.60. The molecule has 0 aliphatic rings. The minimum absolute atomic E-state index is 0.631. The lowest BCUT2D eigenvalue weighted by molar-refractivity contribution is 0.671. The number of rotatable bonds is 5. The summed E-state index contributed by atoms with van der Waals surface area (Å²) in [5.41, 5.74) is 2.52. The molecule has 0 aliphatic heterocycles. The SMILES string of the molecule is N#CC(C/C=C\c1ccccc1)(c1ccccc1)c1ccccc1. The van der Waals surface area contributed by atoms with Gasteiger partial charge in [-0.25, -0.2) is 0 Å². The zero-order chi connectivity index (χ0) is 16.7. The highest BCUT2D eigenvalue weighted by Crippen LogP contribution is 2.35. The van der Waals surface area contributed by atoms with Crippen LogP contribution in [-0.2, 0) is 5.41 Å². The molecule has 1 heteroatoms. The van der Waals surface area contributed by atoms with Crippen LogP contribution in [0.25, 0.3) is 6.08 Å². The van der Waals surface area contributed by atoms with Crippen LogP contribution in [0.15, 0.2) is 97.1 Å². The highest BCUT2D eigenvalue weighted by Gasteiger charge is 2.33. The minimum atomic E-state index is -0.673. The van der Waals surface area contributed by atoms with Gasteiger partial charge in [-0.3, -0.25) is 0 Å². The Morgan fingerprint density at radius 3 is 1.62 bits per heavy atom. The molecule has 0 fully saturated rings. The fourth-order valence-corrected chi connectivity index (χ4v) is 2.96. The Hall–Kier alpha value is -3.11. The molecule has 0 amide bonds. The Balaban J connectivity index is 2.00. The molecular formula is C23H19N. The van der Waals surface area contributed by atoms with Crippen molar-refractivity contribution in [1.29, 1.82) is 5.26 Å². The van der Waals surface area contributed by atoms with E-state index in [2.05, 4.69) is 30.4 Å². The zero-order valence-electron chi connectivity index (χ0n) is 13.5. The lowest BCUT2D eigenvalue weighted by atomic mass is 9.73. The smallest absolute Gasteiger partial charge is 0.111 e. The third-order valence-electron chi connectivity index (χ3n) is 4.26. The van der Waals surface area contributed by atoms with Crippen molar-refractivity contribution in [1.82, 2.24) is 0 Å². The van der Waals surface area contributed by atoms with Gasteiger partial charge in [0.15, 0.2) is 0 Å². The van der Waals surface area contributed by atoms with Crippen LogP contribution in [0.3, 0.4) is 0 Å². The Morgan fingerprint density at radius 2 is 1.17 bits per heavy atom. The first-order chi connectivity index (χ1) is 11.8. The van der Waals surface area contributed by atoms with E-state index in [1.54, 1.807) is 0 Å². The van der Waals surface area contributed by atoms with Gasteiger partial charge in [0.1, 0.15) is 5.41 Å². The van der Waals surface area contributed by atoms with Crippen molar-refractivity contribution < 1.29 is 0 Å². The fourth-order valence-electron chi connectivity index (χ4n) is 2.96. The van der Waals surface area contributed by atoms with E-state index in [1.807, 2.05) is 78.9 Å². The second kappa shape index (κ2) is 7.44. The van der Waals surface area contributed by atoms with Crippen LogP contribution in [0.2, 0.25) is 0 Å². The van der Waals surface area contributed by atoms with Gasteiger partial charge in [0, 0.05) is 0 Å². The number of benzene rings is 3. The quantitative estimate of drug-likeness (QED) is 0.602. The molecule has 3 aromatic carbocycles. The summed E-state index contributed by atoms with van der Waals surface area (Å²) in [7, 11) is 0. The summed E-state index contributed by atoms with van der Waals surface area (Å²) >= 11 is 0. The molecule has 0 aromatic heterocycles. The zero-order valence-corrected chi connectivity index (χ0v) is 13.5. The van der Waals surface area contributed by atoms with Crippen molar-refractivity contribution in [3.63, 3.8) is 0 Å². The maximum absolute atomic E-state index is 10.1. The third-order valence-corrected chi connectivity index (χ3v) is 4.26. The van der Waals surface area contributed by atoms with Gasteiger partial charge < -0.3 is 0 Å². The molecule has 0 saturated carbocycles. The van der Waals surface area contributed by atoms with Crippen LogP contribution in [0, 0.1) is 11.3 Å². The second-order valence-electron chi connectivity index (χ2n) is 5.77. The van der Waals surface area contributed by atoms with E-state index < -0.39 is 5.41 Å². The summed E-state index contributed by atoms with van der Waals surface area (Å²) in [5, 5.41) is 10.1. The first kappa shape index (κ1) is 15.8. The van der Waals surface area contributed by atoms with Crippen LogP contribution in [-0.4, -0.2) is 0 Å². The van der Waals surface area contributed by atoms with E-state index in [0.717, 1.165) is 16.7 Å². The molecule has 0 N–H and O–H groups in total. The first-order valence-electron chi connectivity index (χ1n) is 8.09. The summed E-state index contributed by atoms with van der Waals surface area (Å²) in [6.07, 6.45) is 4.81. The summed E-state index contributed by atoms with van der Waals surface area (Å²) in [6, 6.07) is 32.8. The van der Waals surface area contributed by atoms with Gasteiger partial charge in [0.25, 0.3) is 0 Å². The van der Waals surface area contributed by atoms with Gasteiger partial charge in [-0.05, 0) is 23.1 Å². The second-order valence-corrected chi connectivity index (χ2v) is 5.77. The van der Waals surface area contributed by atoms with E-state index in [9.17, 15) is 5.26 Å². The highest BCUT2D eigenvalue weighted by atomic mass is 14.4. The average molecular weight is 309 g/mol. The van der Waals surface area contributed by atoms with E-state index >= 15 is 0 Å². The van der Waals surface area contributed by atoms with Crippen LogP contribution >= 0.6 is 0 Å². The van der Waals surface area contributed by atoms with Crippen molar-refractivity contribution in [2.75, 3.05) is 0 Å². The topological polar surface area (TPSA) is 23.8 Å². The number of nitrogens with zero attached hydrogens (tertiary/aromatic N) is 1. The van der Waals surface area contributed by atoms with Crippen LogP contribution in [0.5, 0.6) is 0 Å². The highest BCUT2D eigenvalue weighted by molar-refractivity contribution is 5.52. The molecule has 116 valence electrons. The van der Waals surface area contributed by atoms with Gasteiger partial charge >= 0.3 is 0 Å². The van der Waals surface area contributed by atoms with Crippen molar-refractivity contribution in [3.8, 4) is 6.07 Å². The molecule has 0 spiro atoms. The predicted molar refractivity (Wildman–Crippen MR) is 99.4 cm³/mol. The molecule has 24 heavy (non-hydrogen) atoms. The summed E-state index contributed by atoms with van der Waals surface area (Å²) in [5.74, 6) is 0. The normalized spacial score (nSPS) is 11.3. The summed E-state index contributed by atoms with van der Waals surface area (Å²) in [6.45, 7) is 0. The van der Waals surface area contributed by atoms with E-state index in [1.165, 1.54) is 0 Å². The van der Waals surface area contributed by atoms with E-state index in [0.29, 0.717) is 6.42 Å². The van der Waals surface area contributed by atoms with Crippen molar-refractivity contribution >= 4 is 6.08 Å². The fraction of sp³-hybridized carbons (Fsp3) is 0.0870. The molecule has 3 rings (SSSR count). The van der Waals surface area contributed by atoms with Gasteiger partial charge in [-0.15, -0.1) is 0 Å². The number of nitriles is 1. The van der Waals surface area contributed by atoms with E-state index in [4.69, 9.17) is 0 Å². The molecule has 0 atom stereocenters. The maximum atomic E-state index is 10.1. The third kappa shape index (κ3) is 3.29. The molecule has 1 nitrogen and oxygen atoms in total. The molecule has 3 aromatic rings. The van der Waals surface area contributed by atoms with Gasteiger partial charge in [0.2, 0.25) is 0 Å². The van der Waals surface area contributed by atoms with E-state index in [-0.39, 0.29) is 0 Å². The summed E-state index contributed by atoms with van der Waals surface area (Å²) < 4.78 is 0. The Labute approximate surface area is 143 Å². The average Bonchev–Trinajstić information content (AvgIpc) is 2.68. The monoisotopic (exact) mass is 309 g/mol. The molecule has 0 heterocycles. The molecular weight excluding hydrogens is 290 g/mol. The van der Waals surface area contributed by atoms with Gasteiger partial charge in [-0.2, -0.15) is 5.26 Å². The number of allylic oxidation sites excluding steroid dienone is 1. The molecule has 0 radical (unpaired) electrons. The van der Waals surface area contributed by atoms with Gasteiger partial charge in [-0.1, -0.05) is 103 Å². The van der Waals surface area contributed by atoms with Crippen molar-refractivity contribution in [2.24, 2.45) is 0 Å². The van der Waals surface area contributed by atoms with Crippen molar-refractivity contribution in [2.45, 2.75) is 11.8 Å². The number of hydrogen-bond acceptors (Lipinski definition) is 1. The first-order valence-corrected chi connectivity index (χ1v) is 8.09. The lowest BCUT2D eigenvalue weighted by Gasteiger charge is -2.26. The summed E-state index contributed by atoms with van der Waals surface area (Å²) in [4.78, 5) is 0. The standard InChI is InChI=1S/C23H19N/c24-19-23(21-14-6-2-7-15-21,22-16-8-3-9-17-22)18-10-13-20-11-4-1-5-12-20/h1-17H,18H2/b13-10-. The van der Waals surface area contributed by atoms with Crippen LogP contribution < -0.4 is 0 Å². The van der Waals surface area contributed by atoms with Crippen molar-refractivity contribution in [3.05, 3.63) is 114 Å². The maximum Gasteiger partial charge on any atom is 0.111 e. The van der Waals surface area contributed by atoms with Crippen LogP contribution in [0.4, 0.5) is 0 Å². The largest absolute Gasteiger partial charge is 0.197 e. The molecule has 0 saturated heterocycles.